The van der Waals surface area contributed by atoms with Gasteiger partial charge in [0.15, 0.2) is 0 Å². The van der Waals surface area contributed by atoms with Crippen molar-refractivity contribution in [2.75, 3.05) is 12.4 Å². The molecule has 0 saturated heterocycles. The third-order valence-electron chi connectivity index (χ3n) is 2.74. The summed E-state index contributed by atoms with van der Waals surface area (Å²) in [6, 6.07) is 6.24. The van der Waals surface area contributed by atoms with Crippen LogP contribution in [0.2, 0.25) is 0 Å². The molecule has 8 heteroatoms. The van der Waals surface area contributed by atoms with E-state index < -0.39 is 6.61 Å². The first-order chi connectivity index (χ1) is 10.6. The minimum absolute atomic E-state index is 0.0114. The van der Waals surface area contributed by atoms with Crippen LogP contribution in [0.1, 0.15) is 16.1 Å². The molecule has 0 unspecified atom stereocenters. The first kappa shape index (κ1) is 15.6. The van der Waals surface area contributed by atoms with Crippen molar-refractivity contribution in [3.63, 3.8) is 0 Å². The molecule has 0 spiro atoms. The van der Waals surface area contributed by atoms with E-state index in [1.165, 1.54) is 19.3 Å². The van der Waals surface area contributed by atoms with Gasteiger partial charge in [0, 0.05) is 13.2 Å². The molecule has 0 aliphatic rings. The summed E-state index contributed by atoms with van der Waals surface area (Å²) in [4.78, 5) is 19.8. The monoisotopic (exact) mass is 308 g/mol. The number of nitrogens with one attached hydrogen (secondary N) is 2. The average molecular weight is 308 g/mol. The molecule has 0 aliphatic carbocycles. The van der Waals surface area contributed by atoms with Gasteiger partial charge in [-0.05, 0) is 24.3 Å². The van der Waals surface area contributed by atoms with Crippen molar-refractivity contribution in [2.24, 2.45) is 0 Å². The van der Waals surface area contributed by atoms with Gasteiger partial charge >= 0.3 is 6.61 Å². The first-order valence-electron chi connectivity index (χ1n) is 6.41. The van der Waals surface area contributed by atoms with Crippen LogP contribution in [0.3, 0.4) is 0 Å². The van der Waals surface area contributed by atoms with Crippen molar-refractivity contribution in [3.8, 4) is 5.75 Å². The van der Waals surface area contributed by atoms with Crippen molar-refractivity contribution >= 4 is 11.7 Å². The number of rotatable bonds is 6. The van der Waals surface area contributed by atoms with Gasteiger partial charge in [-0.3, -0.25) is 9.78 Å². The van der Waals surface area contributed by atoms with Gasteiger partial charge < -0.3 is 15.4 Å². The van der Waals surface area contributed by atoms with Crippen LogP contribution in [0.25, 0.3) is 0 Å². The van der Waals surface area contributed by atoms with Gasteiger partial charge in [-0.25, -0.2) is 4.98 Å². The number of carbonyl (C=O) groups is 1. The van der Waals surface area contributed by atoms with E-state index >= 15 is 0 Å². The first-order valence-corrected chi connectivity index (χ1v) is 6.41. The average Bonchev–Trinajstić information content (AvgIpc) is 2.53. The molecule has 116 valence electrons. The molecule has 2 N–H and O–H groups in total. The quantitative estimate of drug-likeness (QED) is 0.854. The molecule has 2 aromatic rings. The minimum Gasteiger partial charge on any atom is -0.433 e. The summed E-state index contributed by atoms with van der Waals surface area (Å²) in [5.74, 6) is 0.142. The van der Waals surface area contributed by atoms with E-state index in [2.05, 4.69) is 25.3 Å². The standard InChI is InChI=1S/C14H14F2N4O2/c1-17-13(21)11-3-2-6-18-12(11)20-7-9-4-5-10(8-19-9)22-14(15)16/h2-6,8,14H,7H2,1H3,(H,17,21)(H,18,20). The molecule has 0 saturated carbocycles. The molecule has 0 fully saturated rings. The molecule has 6 nitrogen and oxygen atoms in total. The minimum atomic E-state index is -2.88. The summed E-state index contributed by atoms with van der Waals surface area (Å²) in [6.07, 6.45) is 2.77. The Morgan fingerprint density at radius 3 is 2.77 bits per heavy atom. The smallest absolute Gasteiger partial charge is 0.387 e. The summed E-state index contributed by atoms with van der Waals surface area (Å²) < 4.78 is 28.3. The SMILES string of the molecule is CNC(=O)c1cccnc1NCc1ccc(OC(F)F)cn1. The number of anilines is 1. The number of carbonyl (C=O) groups excluding carboxylic acids is 1. The molecule has 0 aliphatic heterocycles. The van der Waals surface area contributed by atoms with Gasteiger partial charge in [0.05, 0.1) is 24.0 Å². The molecule has 2 aromatic heterocycles. The van der Waals surface area contributed by atoms with Crippen molar-refractivity contribution in [1.82, 2.24) is 15.3 Å². The highest BCUT2D eigenvalue weighted by Gasteiger charge is 2.10. The fourth-order valence-electron chi connectivity index (χ4n) is 1.73. The summed E-state index contributed by atoms with van der Waals surface area (Å²) >= 11 is 0. The van der Waals surface area contributed by atoms with E-state index in [4.69, 9.17) is 0 Å². The normalized spacial score (nSPS) is 10.4. The molecule has 0 bridgehead atoms. The van der Waals surface area contributed by atoms with Gasteiger partial charge in [0.2, 0.25) is 0 Å². The fraction of sp³-hybridized carbons (Fsp3) is 0.214. The molecule has 2 heterocycles. The van der Waals surface area contributed by atoms with E-state index in [0.29, 0.717) is 17.1 Å². The maximum Gasteiger partial charge on any atom is 0.387 e. The molecule has 2 rings (SSSR count). The highest BCUT2D eigenvalue weighted by Crippen LogP contribution is 2.15. The van der Waals surface area contributed by atoms with Crippen molar-refractivity contribution in [2.45, 2.75) is 13.2 Å². The summed E-state index contributed by atoms with van der Waals surface area (Å²) in [5, 5.41) is 5.50. The molecule has 0 atom stereocenters. The van der Waals surface area contributed by atoms with E-state index in [9.17, 15) is 13.6 Å². The van der Waals surface area contributed by atoms with E-state index in [-0.39, 0.29) is 18.2 Å². The highest BCUT2D eigenvalue weighted by atomic mass is 19.3. The number of amides is 1. The predicted molar refractivity (Wildman–Crippen MR) is 75.8 cm³/mol. The Balaban J connectivity index is 2.03. The van der Waals surface area contributed by atoms with Crippen LogP contribution in [0.5, 0.6) is 5.75 Å². The predicted octanol–water partition coefficient (Wildman–Crippen LogP) is 2.05. The maximum absolute atomic E-state index is 12.0. The summed E-state index contributed by atoms with van der Waals surface area (Å²) in [5.41, 5.74) is 0.998. The Kier molecular flexibility index (Phi) is 5.18. The van der Waals surface area contributed by atoms with Crippen LogP contribution >= 0.6 is 0 Å². The third-order valence-corrected chi connectivity index (χ3v) is 2.74. The number of hydrogen-bond acceptors (Lipinski definition) is 5. The largest absolute Gasteiger partial charge is 0.433 e. The number of pyridine rings is 2. The third kappa shape index (κ3) is 4.11. The second kappa shape index (κ2) is 7.30. The molecular weight excluding hydrogens is 294 g/mol. The summed E-state index contributed by atoms with van der Waals surface area (Å²) in [7, 11) is 1.53. The fourth-order valence-corrected chi connectivity index (χ4v) is 1.73. The lowest BCUT2D eigenvalue weighted by Crippen LogP contribution is -2.20. The number of hydrogen-bond donors (Lipinski definition) is 2. The molecule has 22 heavy (non-hydrogen) atoms. The topological polar surface area (TPSA) is 76.1 Å². The second-order valence-corrected chi connectivity index (χ2v) is 4.20. The van der Waals surface area contributed by atoms with Crippen LogP contribution in [0, 0.1) is 0 Å². The van der Waals surface area contributed by atoms with Crippen LogP contribution < -0.4 is 15.4 Å². The van der Waals surface area contributed by atoms with E-state index in [1.807, 2.05) is 0 Å². The lowest BCUT2D eigenvalue weighted by Gasteiger charge is -2.10. The number of nitrogens with zero attached hydrogens (tertiary/aromatic N) is 2. The van der Waals surface area contributed by atoms with Crippen LogP contribution in [-0.2, 0) is 6.54 Å². The maximum atomic E-state index is 12.0. The molecule has 1 amide bonds. The Hall–Kier alpha value is -2.77. The Bertz CT molecular complexity index is 635. The van der Waals surface area contributed by atoms with Gasteiger partial charge in [-0.2, -0.15) is 8.78 Å². The van der Waals surface area contributed by atoms with Crippen molar-refractivity contribution in [1.29, 1.82) is 0 Å². The number of ether oxygens (including phenoxy) is 1. The number of alkyl halides is 2. The van der Waals surface area contributed by atoms with Gasteiger partial charge in [0.25, 0.3) is 5.91 Å². The van der Waals surface area contributed by atoms with Crippen LogP contribution in [0.15, 0.2) is 36.7 Å². The van der Waals surface area contributed by atoms with Crippen molar-refractivity contribution in [3.05, 3.63) is 47.9 Å². The van der Waals surface area contributed by atoms with Crippen LogP contribution in [0.4, 0.5) is 14.6 Å². The van der Waals surface area contributed by atoms with Gasteiger partial charge in [-0.1, -0.05) is 0 Å². The molecule has 0 radical (unpaired) electrons. The van der Waals surface area contributed by atoms with Gasteiger partial charge in [-0.15, -0.1) is 0 Å². The zero-order chi connectivity index (χ0) is 15.9. The van der Waals surface area contributed by atoms with Crippen molar-refractivity contribution < 1.29 is 18.3 Å². The lowest BCUT2D eigenvalue weighted by molar-refractivity contribution is -0.0500. The number of aromatic nitrogens is 2. The van der Waals surface area contributed by atoms with Gasteiger partial charge in [0.1, 0.15) is 11.6 Å². The molecular formula is C14H14F2N4O2. The molecule has 0 aromatic carbocycles. The zero-order valence-corrected chi connectivity index (χ0v) is 11.7. The van der Waals surface area contributed by atoms with E-state index in [0.717, 1.165) is 0 Å². The number of halogens is 2. The summed E-state index contributed by atoms with van der Waals surface area (Å²) in [6.45, 7) is -2.59. The Morgan fingerprint density at radius 2 is 2.14 bits per heavy atom. The highest BCUT2D eigenvalue weighted by molar-refractivity contribution is 5.98. The van der Waals surface area contributed by atoms with E-state index in [1.54, 1.807) is 24.4 Å². The second-order valence-electron chi connectivity index (χ2n) is 4.20. The van der Waals surface area contributed by atoms with Crippen LogP contribution in [-0.4, -0.2) is 29.5 Å². The Morgan fingerprint density at radius 1 is 1.32 bits per heavy atom. The lowest BCUT2D eigenvalue weighted by atomic mass is 10.2. The Labute approximate surface area is 125 Å². The zero-order valence-electron chi connectivity index (χ0n) is 11.7.